The first-order valence-electron chi connectivity index (χ1n) is 7.36. The summed E-state index contributed by atoms with van der Waals surface area (Å²) in [5.74, 6) is -0.207. The van der Waals surface area contributed by atoms with Gasteiger partial charge in [0.25, 0.3) is 0 Å². The molecule has 2 N–H and O–H groups in total. The van der Waals surface area contributed by atoms with E-state index in [9.17, 15) is 9.59 Å². The maximum Gasteiger partial charge on any atom is 0.351 e. The van der Waals surface area contributed by atoms with Gasteiger partial charge in [-0.05, 0) is 31.0 Å². The van der Waals surface area contributed by atoms with Crippen LogP contribution in [0.5, 0.6) is 0 Å². The maximum absolute atomic E-state index is 11.9. The van der Waals surface area contributed by atoms with Crippen LogP contribution in [0.2, 0.25) is 0 Å². The highest BCUT2D eigenvalue weighted by Gasteiger charge is 2.28. The summed E-state index contributed by atoms with van der Waals surface area (Å²) >= 11 is 0. The molecule has 1 aromatic heterocycles. The van der Waals surface area contributed by atoms with E-state index in [0.717, 1.165) is 0 Å². The van der Waals surface area contributed by atoms with Gasteiger partial charge in [-0.3, -0.25) is 4.57 Å². The Morgan fingerprint density at radius 3 is 2.83 bits per heavy atom. The zero-order valence-electron chi connectivity index (χ0n) is 12.4. The Labute approximate surface area is 132 Å². The number of carbonyl (C=O) groups is 1. The molecule has 1 fully saturated rings. The van der Waals surface area contributed by atoms with Gasteiger partial charge in [-0.15, -0.1) is 0 Å². The molecule has 23 heavy (non-hydrogen) atoms. The summed E-state index contributed by atoms with van der Waals surface area (Å²) in [5, 5.41) is 0. The largest absolute Gasteiger partial charge is 0.459 e. The zero-order valence-corrected chi connectivity index (χ0v) is 12.4. The van der Waals surface area contributed by atoms with Gasteiger partial charge in [0.2, 0.25) is 0 Å². The van der Waals surface area contributed by atoms with E-state index in [2.05, 4.69) is 4.98 Å². The van der Waals surface area contributed by atoms with Crippen LogP contribution in [-0.2, 0) is 9.47 Å². The van der Waals surface area contributed by atoms with Crippen molar-refractivity contribution in [1.82, 2.24) is 9.55 Å². The lowest BCUT2D eigenvalue weighted by atomic mass is 10.2. The molecule has 1 aliphatic rings. The standard InChI is InChI=1S/C16H17N3O4/c17-13-8-9-19(16(21)18-13)14-7-6-12(23-14)10-22-15(20)11-4-2-1-3-5-11/h1-5,8-9,12,14H,6-7,10H2,(H2,17,18,21)/t12-,14+/m0/s1. The molecule has 0 radical (unpaired) electrons. The predicted molar refractivity (Wildman–Crippen MR) is 82.8 cm³/mol. The number of carbonyl (C=O) groups excluding carboxylic acids is 1. The van der Waals surface area contributed by atoms with E-state index in [1.807, 2.05) is 6.07 Å². The number of esters is 1. The minimum atomic E-state index is -0.447. The molecule has 2 atom stereocenters. The lowest BCUT2D eigenvalue weighted by molar-refractivity contribution is -0.0339. The molecule has 3 rings (SSSR count). The highest BCUT2D eigenvalue weighted by molar-refractivity contribution is 5.89. The Morgan fingerprint density at radius 1 is 1.30 bits per heavy atom. The first-order chi connectivity index (χ1) is 11.1. The van der Waals surface area contributed by atoms with Crippen molar-refractivity contribution in [3.8, 4) is 0 Å². The van der Waals surface area contributed by atoms with Gasteiger partial charge < -0.3 is 15.2 Å². The number of rotatable bonds is 4. The number of hydrogen-bond acceptors (Lipinski definition) is 6. The fourth-order valence-electron chi connectivity index (χ4n) is 2.49. The van der Waals surface area contributed by atoms with Crippen LogP contribution in [0.4, 0.5) is 5.82 Å². The summed E-state index contributed by atoms with van der Waals surface area (Å²) in [4.78, 5) is 27.4. The first kappa shape index (κ1) is 15.2. The number of ether oxygens (including phenoxy) is 2. The van der Waals surface area contributed by atoms with Gasteiger partial charge in [-0.2, -0.15) is 4.98 Å². The minimum absolute atomic E-state index is 0.154. The van der Waals surface area contributed by atoms with Crippen molar-refractivity contribution in [2.75, 3.05) is 12.3 Å². The molecule has 0 bridgehead atoms. The number of anilines is 1. The fourth-order valence-corrected chi connectivity index (χ4v) is 2.49. The van der Waals surface area contributed by atoms with E-state index in [1.54, 1.807) is 36.5 Å². The fraction of sp³-hybridized carbons (Fsp3) is 0.312. The topological polar surface area (TPSA) is 96.4 Å². The number of nitrogens with two attached hydrogens (primary N) is 1. The second kappa shape index (κ2) is 6.62. The molecule has 7 nitrogen and oxygen atoms in total. The average molecular weight is 315 g/mol. The third-order valence-corrected chi connectivity index (χ3v) is 3.66. The van der Waals surface area contributed by atoms with Crippen LogP contribution in [0.15, 0.2) is 47.4 Å². The molecular weight excluding hydrogens is 298 g/mol. The molecule has 120 valence electrons. The van der Waals surface area contributed by atoms with Crippen molar-refractivity contribution >= 4 is 11.8 Å². The number of aromatic nitrogens is 2. The van der Waals surface area contributed by atoms with E-state index in [-0.39, 0.29) is 24.5 Å². The van der Waals surface area contributed by atoms with Gasteiger partial charge in [-0.25, -0.2) is 9.59 Å². The third kappa shape index (κ3) is 3.57. The molecule has 2 heterocycles. The second-order valence-electron chi connectivity index (χ2n) is 5.30. The highest BCUT2D eigenvalue weighted by atomic mass is 16.6. The summed E-state index contributed by atoms with van der Waals surface area (Å²) < 4.78 is 12.4. The molecule has 2 aromatic rings. The van der Waals surface area contributed by atoms with Gasteiger partial charge in [0.05, 0.1) is 11.7 Å². The molecule has 1 aromatic carbocycles. The summed E-state index contributed by atoms with van der Waals surface area (Å²) in [5.41, 5.74) is 5.52. The average Bonchev–Trinajstić information content (AvgIpc) is 3.02. The Bertz CT molecular complexity index is 744. The summed E-state index contributed by atoms with van der Waals surface area (Å²) in [6.07, 6.45) is 2.27. The Balaban J connectivity index is 1.56. The Hall–Kier alpha value is -2.67. The van der Waals surface area contributed by atoms with E-state index in [0.29, 0.717) is 18.4 Å². The smallest absolute Gasteiger partial charge is 0.351 e. The second-order valence-corrected chi connectivity index (χ2v) is 5.30. The highest BCUT2D eigenvalue weighted by Crippen LogP contribution is 2.27. The van der Waals surface area contributed by atoms with E-state index in [1.165, 1.54) is 4.57 Å². The van der Waals surface area contributed by atoms with Crippen LogP contribution in [0.3, 0.4) is 0 Å². The molecule has 0 spiro atoms. The number of benzene rings is 1. The molecule has 1 aliphatic heterocycles. The summed E-state index contributed by atoms with van der Waals surface area (Å²) in [6, 6.07) is 10.3. The molecule has 0 amide bonds. The van der Waals surface area contributed by atoms with Crippen LogP contribution in [0.25, 0.3) is 0 Å². The lowest BCUT2D eigenvalue weighted by Gasteiger charge is -2.15. The lowest BCUT2D eigenvalue weighted by Crippen LogP contribution is -2.28. The Kier molecular flexibility index (Phi) is 4.38. The van der Waals surface area contributed by atoms with E-state index >= 15 is 0 Å². The molecule has 1 saturated heterocycles. The Morgan fingerprint density at radius 2 is 2.09 bits per heavy atom. The van der Waals surface area contributed by atoms with Gasteiger partial charge in [0.15, 0.2) is 0 Å². The SMILES string of the molecule is Nc1ccn([C@H]2CC[C@@H](COC(=O)c3ccccc3)O2)c(=O)n1. The van der Waals surface area contributed by atoms with Crippen molar-refractivity contribution in [2.24, 2.45) is 0 Å². The molecule has 0 aliphatic carbocycles. The number of hydrogen-bond donors (Lipinski definition) is 1. The minimum Gasteiger partial charge on any atom is -0.459 e. The third-order valence-electron chi connectivity index (χ3n) is 3.66. The summed E-state index contributed by atoms with van der Waals surface area (Å²) in [6.45, 7) is 0.154. The van der Waals surface area contributed by atoms with Crippen molar-refractivity contribution in [3.05, 3.63) is 58.6 Å². The summed E-state index contributed by atoms with van der Waals surface area (Å²) in [7, 11) is 0. The van der Waals surface area contributed by atoms with Gasteiger partial charge in [-0.1, -0.05) is 18.2 Å². The van der Waals surface area contributed by atoms with Crippen LogP contribution < -0.4 is 11.4 Å². The van der Waals surface area contributed by atoms with Crippen LogP contribution in [0, 0.1) is 0 Å². The number of nitrogen functional groups attached to an aromatic ring is 1. The van der Waals surface area contributed by atoms with Crippen LogP contribution in [-0.4, -0.2) is 28.2 Å². The van der Waals surface area contributed by atoms with Crippen molar-refractivity contribution in [3.63, 3.8) is 0 Å². The monoisotopic (exact) mass is 315 g/mol. The zero-order chi connectivity index (χ0) is 16.2. The van der Waals surface area contributed by atoms with Gasteiger partial charge >= 0.3 is 11.7 Å². The first-order valence-corrected chi connectivity index (χ1v) is 7.36. The van der Waals surface area contributed by atoms with Gasteiger partial charge in [0, 0.05) is 6.20 Å². The van der Waals surface area contributed by atoms with Crippen molar-refractivity contribution < 1.29 is 14.3 Å². The molecule has 7 heteroatoms. The maximum atomic E-state index is 11.9. The molecule has 0 saturated carbocycles. The van der Waals surface area contributed by atoms with Crippen molar-refractivity contribution in [2.45, 2.75) is 25.2 Å². The molecule has 0 unspecified atom stereocenters. The normalized spacial score (nSPS) is 20.3. The number of nitrogens with zero attached hydrogens (tertiary/aromatic N) is 2. The van der Waals surface area contributed by atoms with E-state index < -0.39 is 11.9 Å². The van der Waals surface area contributed by atoms with Gasteiger partial charge in [0.1, 0.15) is 18.7 Å². The van der Waals surface area contributed by atoms with Crippen LogP contribution in [0.1, 0.15) is 29.4 Å². The molecular formula is C16H17N3O4. The van der Waals surface area contributed by atoms with Crippen LogP contribution >= 0.6 is 0 Å². The van der Waals surface area contributed by atoms with E-state index in [4.69, 9.17) is 15.2 Å². The quantitative estimate of drug-likeness (QED) is 0.856. The predicted octanol–water partition coefficient (Wildman–Crippen LogP) is 1.36. The van der Waals surface area contributed by atoms with Crippen molar-refractivity contribution in [1.29, 1.82) is 0 Å².